The van der Waals surface area contributed by atoms with Crippen LogP contribution < -0.4 is 0 Å². The molecule has 2 bridgehead atoms. The molecule has 0 radical (unpaired) electrons. The summed E-state index contributed by atoms with van der Waals surface area (Å²) in [5, 5.41) is 0. The number of cyclic esters (lactones) is 2. The third-order valence-corrected chi connectivity index (χ3v) is 2.86. The molecule has 0 amide bonds. The number of rotatable bonds is 0. The lowest BCUT2D eigenvalue weighted by molar-refractivity contribution is -0.154. The summed E-state index contributed by atoms with van der Waals surface area (Å²) in [6, 6.07) is 0. The Morgan fingerprint density at radius 1 is 1.42 bits per heavy atom. The average Bonchev–Trinajstić information content (AvgIpc) is 2.65. The minimum Gasteiger partial charge on any atom is -0.389 e. The predicted octanol–water partition coefficient (Wildman–Crippen LogP) is 0.716. The maximum Gasteiger partial charge on any atom is 0.342 e. The highest BCUT2D eigenvalue weighted by Gasteiger charge is 2.58. The minimum atomic E-state index is -0.591. The standard InChI is InChI=1S/C9H6O3/c10-7-6-3-5-1-2-9(6,4-5)8(11)12-7/h1,3H,2,4H2. The van der Waals surface area contributed by atoms with Crippen molar-refractivity contribution in [3.63, 3.8) is 0 Å². The smallest absolute Gasteiger partial charge is 0.342 e. The quantitative estimate of drug-likeness (QED) is 0.389. The lowest BCUT2D eigenvalue weighted by atomic mass is 9.82. The van der Waals surface area contributed by atoms with Gasteiger partial charge in [0.15, 0.2) is 0 Å². The van der Waals surface area contributed by atoms with Gasteiger partial charge in [-0.05, 0) is 24.5 Å². The number of hydrogen-bond acceptors (Lipinski definition) is 3. The zero-order valence-corrected chi connectivity index (χ0v) is 6.29. The molecule has 0 saturated carbocycles. The van der Waals surface area contributed by atoms with E-state index in [2.05, 4.69) is 4.74 Å². The number of allylic oxidation sites excluding steroid dienone is 3. The highest BCUT2D eigenvalue weighted by Crippen LogP contribution is 2.54. The Kier molecular flexibility index (Phi) is 0.786. The minimum absolute atomic E-state index is 0.359. The van der Waals surface area contributed by atoms with Crippen molar-refractivity contribution in [3.8, 4) is 0 Å². The first-order valence-electron chi connectivity index (χ1n) is 3.90. The maximum absolute atomic E-state index is 11.3. The fourth-order valence-corrected chi connectivity index (χ4v) is 2.19. The second kappa shape index (κ2) is 1.53. The fourth-order valence-electron chi connectivity index (χ4n) is 2.19. The van der Waals surface area contributed by atoms with Crippen molar-refractivity contribution in [2.45, 2.75) is 12.8 Å². The third kappa shape index (κ3) is 0.443. The largest absolute Gasteiger partial charge is 0.389 e. The van der Waals surface area contributed by atoms with Crippen LogP contribution in [0.15, 0.2) is 23.3 Å². The molecular formula is C9H6O3. The van der Waals surface area contributed by atoms with Gasteiger partial charge in [-0.25, -0.2) is 4.79 Å². The van der Waals surface area contributed by atoms with Gasteiger partial charge >= 0.3 is 11.9 Å². The van der Waals surface area contributed by atoms with Crippen LogP contribution in [0.3, 0.4) is 0 Å². The second-order valence-electron chi connectivity index (χ2n) is 3.48. The SMILES string of the molecule is O=C1OC(=O)C23CC=C(C=C12)C3. The predicted molar refractivity (Wildman–Crippen MR) is 38.9 cm³/mol. The van der Waals surface area contributed by atoms with E-state index in [1.807, 2.05) is 6.08 Å². The molecule has 1 spiro atoms. The lowest BCUT2D eigenvalue weighted by Crippen LogP contribution is -2.22. The number of esters is 2. The van der Waals surface area contributed by atoms with Gasteiger partial charge in [-0.1, -0.05) is 6.08 Å². The van der Waals surface area contributed by atoms with Crippen LogP contribution in [-0.4, -0.2) is 11.9 Å². The summed E-state index contributed by atoms with van der Waals surface area (Å²) in [7, 11) is 0. The molecule has 0 N–H and O–H groups in total. The van der Waals surface area contributed by atoms with Crippen LogP contribution >= 0.6 is 0 Å². The van der Waals surface area contributed by atoms with Crippen molar-refractivity contribution >= 4 is 11.9 Å². The summed E-state index contributed by atoms with van der Waals surface area (Å²) in [6.45, 7) is 0. The normalized spacial score (nSPS) is 36.3. The first kappa shape index (κ1) is 6.17. The van der Waals surface area contributed by atoms with Gasteiger partial charge in [0.2, 0.25) is 0 Å². The van der Waals surface area contributed by atoms with Gasteiger partial charge in [0, 0.05) is 0 Å². The van der Waals surface area contributed by atoms with E-state index in [4.69, 9.17) is 0 Å². The molecule has 1 aliphatic heterocycles. The molecular weight excluding hydrogens is 156 g/mol. The summed E-state index contributed by atoms with van der Waals surface area (Å²) in [4.78, 5) is 22.4. The molecule has 1 saturated heterocycles. The fraction of sp³-hybridized carbons (Fsp3) is 0.333. The molecule has 1 atom stereocenters. The van der Waals surface area contributed by atoms with Gasteiger partial charge in [-0.15, -0.1) is 0 Å². The van der Waals surface area contributed by atoms with E-state index in [0.717, 1.165) is 5.57 Å². The van der Waals surface area contributed by atoms with Crippen LogP contribution in [0, 0.1) is 5.41 Å². The molecule has 3 aliphatic rings. The molecule has 12 heavy (non-hydrogen) atoms. The highest BCUT2D eigenvalue weighted by molar-refractivity contribution is 6.12. The monoisotopic (exact) mass is 162 g/mol. The van der Waals surface area contributed by atoms with Gasteiger partial charge in [0.05, 0.1) is 5.57 Å². The van der Waals surface area contributed by atoms with Crippen molar-refractivity contribution in [2.75, 3.05) is 0 Å². The van der Waals surface area contributed by atoms with E-state index in [0.29, 0.717) is 18.4 Å². The Morgan fingerprint density at radius 3 is 2.92 bits per heavy atom. The van der Waals surface area contributed by atoms with E-state index in [1.54, 1.807) is 6.08 Å². The van der Waals surface area contributed by atoms with Crippen molar-refractivity contribution in [3.05, 3.63) is 23.3 Å². The molecule has 0 aromatic carbocycles. The molecule has 0 aromatic rings. The van der Waals surface area contributed by atoms with Crippen LogP contribution in [0.2, 0.25) is 0 Å². The highest BCUT2D eigenvalue weighted by atomic mass is 16.6. The number of carbonyl (C=O) groups is 2. The van der Waals surface area contributed by atoms with Gasteiger partial charge < -0.3 is 4.74 Å². The van der Waals surface area contributed by atoms with Crippen LogP contribution in [0.4, 0.5) is 0 Å². The van der Waals surface area contributed by atoms with Crippen LogP contribution in [0.1, 0.15) is 12.8 Å². The average molecular weight is 162 g/mol. The molecule has 60 valence electrons. The van der Waals surface area contributed by atoms with E-state index >= 15 is 0 Å². The maximum atomic E-state index is 11.3. The molecule has 3 nitrogen and oxygen atoms in total. The Balaban J connectivity index is 2.27. The van der Waals surface area contributed by atoms with Crippen molar-refractivity contribution in [1.29, 1.82) is 0 Å². The van der Waals surface area contributed by atoms with E-state index in [9.17, 15) is 9.59 Å². The van der Waals surface area contributed by atoms with Gasteiger partial charge in [0.1, 0.15) is 5.41 Å². The summed E-state index contributed by atoms with van der Waals surface area (Å²) < 4.78 is 4.57. The second-order valence-corrected chi connectivity index (χ2v) is 3.48. The Hall–Kier alpha value is -1.38. The lowest BCUT2D eigenvalue weighted by Gasteiger charge is -2.13. The molecule has 0 aromatic heterocycles. The van der Waals surface area contributed by atoms with E-state index < -0.39 is 11.4 Å². The first-order chi connectivity index (χ1) is 5.72. The van der Waals surface area contributed by atoms with E-state index in [1.165, 1.54) is 0 Å². The number of ether oxygens (including phenoxy) is 1. The van der Waals surface area contributed by atoms with Crippen LogP contribution in [0.5, 0.6) is 0 Å². The van der Waals surface area contributed by atoms with Gasteiger partial charge in [-0.2, -0.15) is 0 Å². The Morgan fingerprint density at radius 2 is 2.25 bits per heavy atom. The van der Waals surface area contributed by atoms with Crippen LogP contribution in [-0.2, 0) is 14.3 Å². The summed E-state index contributed by atoms with van der Waals surface area (Å²) >= 11 is 0. The molecule has 2 aliphatic carbocycles. The Bertz CT molecular complexity index is 375. The Labute approximate surface area is 68.7 Å². The van der Waals surface area contributed by atoms with Gasteiger partial charge in [-0.3, -0.25) is 4.79 Å². The zero-order valence-electron chi connectivity index (χ0n) is 6.29. The summed E-state index contributed by atoms with van der Waals surface area (Å²) in [5.74, 6) is -0.800. The van der Waals surface area contributed by atoms with Crippen molar-refractivity contribution < 1.29 is 14.3 Å². The van der Waals surface area contributed by atoms with Crippen molar-refractivity contribution in [2.24, 2.45) is 5.41 Å². The van der Waals surface area contributed by atoms with Crippen LogP contribution in [0.25, 0.3) is 0 Å². The molecule has 1 unspecified atom stereocenters. The van der Waals surface area contributed by atoms with E-state index in [-0.39, 0.29) is 5.97 Å². The molecule has 1 fully saturated rings. The first-order valence-corrected chi connectivity index (χ1v) is 3.90. The molecule has 1 heterocycles. The number of fused-ring (bicyclic) bond motifs is 1. The number of carbonyl (C=O) groups excluding carboxylic acids is 2. The summed E-state index contributed by atoms with van der Waals surface area (Å²) in [5.41, 5.74) is 1.09. The van der Waals surface area contributed by atoms with Crippen molar-refractivity contribution in [1.82, 2.24) is 0 Å². The summed E-state index contributed by atoms with van der Waals surface area (Å²) in [6.07, 6.45) is 5.12. The topological polar surface area (TPSA) is 43.4 Å². The number of hydrogen-bond donors (Lipinski definition) is 0. The molecule has 3 rings (SSSR count). The third-order valence-electron chi connectivity index (χ3n) is 2.86. The molecule has 3 heteroatoms. The van der Waals surface area contributed by atoms with Gasteiger partial charge in [0.25, 0.3) is 0 Å². The zero-order chi connectivity index (χ0) is 8.34.